The summed E-state index contributed by atoms with van der Waals surface area (Å²) in [6.07, 6.45) is 4.73. The summed E-state index contributed by atoms with van der Waals surface area (Å²) in [5.74, 6) is 0. The van der Waals surface area contributed by atoms with Crippen LogP contribution in [0, 0.1) is 0 Å². The number of hydrogen-bond donors (Lipinski definition) is 1. The lowest BCUT2D eigenvalue weighted by Gasteiger charge is -2.35. The van der Waals surface area contributed by atoms with Gasteiger partial charge in [-0.25, -0.2) is 4.79 Å². The van der Waals surface area contributed by atoms with Crippen molar-refractivity contribution in [3.8, 4) is 0 Å². The van der Waals surface area contributed by atoms with E-state index in [1.807, 2.05) is 12.1 Å². The van der Waals surface area contributed by atoms with E-state index >= 15 is 0 Å². The van der Waals surface area contributed by atoms with E-state index in [0.717, 1.165) is 17.7 Å². The van der Waals surface area contributed by atoms with Crippen LogP contribution in [0.25, 0.3) is 0 Å². The van der Waals surface area contributed by atoms with Crippen LogP contribution in [0.4, 0.5) is 4.79 Å². The summed E-state index contributed by atoms with van der Waals surface area (Å²) in [4.78, 5) is 21.9. The van der Waals surface area contributed by atoms with Crippen LogP contribution in [0.5, 0.6) is 0 Å². The van der Waals surface area contributed by atoms with Gasteiger partial charge in [0.05, 0.1) is 5.71 Å². The topological polar surface area (TPSA) is 75.0 Å². The van der Waals surface area contributed by atoms with Gasteiger partial charge in [-0.05, 0) is 12.1 Å². The number of nitrogens with zero attached hydrogens (tertiary/aromatic N) is 3. The van der Waals surface area contributed by atoms with Crippen LogP contribution in [0.2, 0.25) is 0 Å². The number of rotatable bonds is 1. The number of hydrogen-bond acceptors (Lipinski definition) is 4. The number of aromatic nitrogens is 1. The molecule has 3 rings (SSSR count). The first kappa shape index (κ1) is 12.0. The van der Waals surface area contributed by atoms with Crippen molar-refractivity contribution in [2.75, 3.05) is 13.1 Å². The molecule has 1 N–H and O–H groups in total. The minimum absolute atomic E-state index is 0.315. The van der Waals surface area contributed by atoms with Crippen molar-refractivity contribution in [3.63, 3.8) is 0 Å². The lowest BCUT2D eigenvalue weighted by Crippen LogP contribution is -2.46. The smallest absolute Gasteiger partial charge is 0.407 e. The molecule has 6 heteroatoms. The standard InChI is InChI=1S/C13H15N3O3/c17-12(18)16-7-3-13(4-8-16)9-11(15-19-13)10-1-5-14-6-2-10/h1-2,5-6H,3-4,7-9H2,(H,17,18). The van der Waals surface area contributed by atoms with E-state index in [1.165, 1.54) is 4.90 Å². The summed E-state index contributed by atoms with van der Waals surface area (Å²) in [6.45, 7) is 1.02. The zero-order valence-corrected chi connectivity index (χ0v) is 10.5. The predicted octanol–water partition coefficient (Wildman–Crippen LogP) is 1.72. The molecule has 0 bridgehead atoms. The Balaban J connectivity index is 1.67. The van der Waals surface area contributed by atoms with Crippen LogP contribution in [0.3, 0.4) is 0 Å². The third-order valence-corrected chi connectivity index (χ3v) is 3.80. The summed E-state index contributed by atoms with van der Waals surface area (Å²) < 4.78 is 0. The largest absolute Gasteiger partial charge is 0.465 e. The average molecular weight is 261 g/mol. The molecule has 19 heavy (non-hydrogen) atoms. The number of likely N-dealkylation sites (tertiary alicyclic amines) is 1. The van der Waals surface area contributed by atoms with Gasteiger partial charge in [-0.2, -0.15) is 0 Å². The zero-order chi connectivity index (χ0) is 13.3. The number of pyridine rings is 1. The van der Waals surface area contributed by atoms with Crippen molar-refractivity contribution in [1.82, 2.24) is 9.88 Å². The van der Waals surface area contributed by atoms with E-state index in [9.17, 15) is 4.79 Å². The molecule has 0 saturated carbocycles. The first-order valence-electron chi connectivity index (χ1n) is 6.32. The molecule has 1 aromatic rings. The molecule has 2 aliphatic rings. The molecule has 100 valence electrons. The Bertz CT molecular complexity index is 507. The molecule has 1 amide bonds. The van der Waals surface area contributed by atoms with Gasteiger partial charge in [-0.3, -0.25) is 4.98 Å². The first-order chi connectivity index (χ1) is 9.19. The first-order valence-corrected chi connectivity index (χ1v) is 6.32. The molecule has 1 saturated heterocycles. The molecule has 0 unspecified atom stereocenters. The van der Waals surface area contributed by atoms with Gasteiger partial charge in [0.15, 0.2) is 0 Å². The molecule has 0 atom stereocenters. The highest BCUT2D eigenvalue weighted by molar-refractivity contribution is 6.01. The SMILES string of the molecule is O=C(O)N1CCC2(CC1)CC(c1ccncc1)=NO2. The maximum Gasteiger partial charge on any atom is 0.407 e. The summed E-state index contributed by atoms with van der Waals surface area (Å²) in [5, 5.41) is 13.1. The molecule has 2 aliphatic heterocycles. The maximum atomic E-state index is 10.9. The van der Waals surface area contributed by atoms with Crippen molar-refractivity contribution in [2.45, 2.75) is 24.9 Å². The molecule has 1 fully saturated rings. The second kappa shape index (κ2) is 4.53. The van der Waals surface area contributed by atoms with Crippen LogP contribution in [0.15, 0.2) is 29.7 Å². The van der Waals surface area contributed by atoms with Crippen LogP contribution in [-0.4, -0.2) is 45.5 Å². The Morgan fingerprint density at radius 1 is 1.32 bits per heavy atom. The number of piperidine rings is 1. The van der Waals surface area contributed by atoms with E-state index in [-0.39, 0.29) is 5.60 Å². The second-order valence-corrected chi connectivity index (χ2v) is 4.99. The lowest BCUT2D eigenvalue weighted by atomic mass is 9.86. The van der Waals surface area contributed by atoms with Gasteiger partial charge in [-0.1, -0.05) is 5.16 Å². The van der Waals surface area contributed by atoms with Gasteiger partial charge in [-0.15, -0.1) is 0 Å². The van der Waals surface area contributed by atoms with Crippen LogP contribution < -0.4 is 0 Å². The minimum Gasteiger partial charge on any atom is -0.465 e. The van der Waals surface area contributed by atoms with Crippen LogP contribution >= 0.6 is 0 Å². The molecule has 0 aromatic carbocycles. The highest BCUT2D eigenvalue weighted by atomic mass is 16.7. The van der Waals surface area contributed by atoms with E-state index in [1.54, 1.807) is 12.4 Å². The van der Waals surface area contributed by atoms with E-state index in [4.69, 9.17) is 9.94 Å². The molecule has 3 heterocycles. The Labute approximate surface area is 110 Å². The number of amides is 1. The molecule has 0 radical (unpaired) electrons. The van der Waals surface area contributed by atoms with Gasteiger partial charge in [0.25, 0.3) is 0 Å². The summed E-state index contributed by atoms with van der Waals surface area (Å²) >= 11 is 0. The monoisotopic (exact) mass is 261 g/mol. The lowest BCUT2D eigenvalue weighted by molar-refractivity contribution is -0.0576. The average Bonchev–Trinajstić information content (AvgIpc) is 2.84. The van der Waals surface area contributed by atoms with Crippen LogP contribution in [-0.2, 0) is 4.84 Å². The molecule has 1 spiro atoms. The third-order valence-electron chi connectivity index (χ3n) is 3.80. The molecule has 6 nitrogen and oxygen atoms in total. The molecule has 1 aromatic heterocycles. The Kier molecular flexibility index (Phi) is 2.85. The Hall–Kier alpha value is -2.11. The van der Waals surface area contributed by atoms with Gasteiger partial charge < -0.3 is 14.8 Å². The van der Waals surface area contributed by atoms with Crippen LogP contribution in [0.1, 0.15) is 24.8 Å². The van der Waals surface area contributed by atoms with Crippen molar-refractivity contribution in [3.05, 3.63) is 30.1 Å². The fourth-order valence-corrected chi connectivity index (χ4v) is 2.59. The molecule has 0 aliphatic carbocycles. The van der Waals surface area contributed by atoms with Crippen molar-refractivity contribution < 1.29 is 14.7 Å². The van der Waals surface area contributed by atoms with E-state index in [2.05, 4.69) is 10.1 Å². The fourth-order valence-electron chi connectivity index (χ4n) is 2.59. The summed E-state index contributed by atoms with van der Waals surface area (Å²) in [6, 6.07) is 3.82. The van der Waals surface area contributed by atoms with Gasteiger partial charge in [0, 0.05) is 50.3 Å². The number of carboxylic acid groups (broad SMARTS) is 1. The van der Waals surface area contributed by atoms with Gasteiger partial charge >= 0.3 is 6.09 Å². The quantitative estimate of drug-likeness (QED) is 0.835. The second-order valence-electron chi connectivity index (χ2n) is 4.99. The summed E-state index contributed by atoms with van der Waals surface area (Å²) in [7, 11) is 0. The summed E-state index contributed by atoms with van der Waals surface area (Å²) in [5.41, 5.74) is 1.63. The zero-order valence-electron chi connectivity index (χ0n) is 10.5. The number of oxime groups is 1. The number of carbonyl (C=O) groups is 1. The molecular weight excluding hydrogens is 246 g/mol. The van der Waals surface area contributed by atoms with Crippen molar-refractivity contribution in [2.24, 2.45) is 5.16 Å². The highest BCUT2D eigenvalue weighted by Gasteiger charge is 2.43. The minimum atomic E-state index is -0.858. The Morgan fingerprint density at radius 2 is 2.00 bits per heavy atom. The van der Waals surface area contributed by atoms with E-state index in [0.29, 0.717) is 25.9 Å². The predicted molar refractivity (Wildman–Crippen MR) is 68.0 cm³/mol. The molecular formula is C13H15N3O3. The Morgan fingerprint density at radius 3 is 2.63 bits per heavy atom. The highest BCUT2D eigenvalue weighted by Crippen LogP contribution is 2.35. The fraction of sp³-hybridized carbons (Fsp3) is 0.462. The van der Waals surface area contributed by atoms with Crippen molar-refractivity contribution >= 4 is 11.8 Å². The van der Waals surface area contributed by atoms with E-state index < -0.39 is 6.09 Å². The van der Waals surface area contributed by atoms with Gasteiger partial charge in [0.2, 0.25) is 0 Å². The van der Waals surface area contributed by atoms with Crippen molar-refractivity contribution in [1.29, 1.82) is 0 Å². The third kappa shape index (κ3) is 2.25. The maximum absolute atomic E-state index is 10.9. The normalized spacial score (nSPS) is 21.1. The van der Waals surface area contributed by atoms with Gasteiger partial charge in [0.1, 0.15) is 5.60 Å².